The Morgan fingerprint density at radius 2 is 1.68 bits per heavy atom. The second-order valence-electron chi connectivity index (χ2n) is 8.41. The summed E-state index contributed by atoms with van der Waals surface area (Å²) in [5, 5.41) is 0. The summed E-state index contributed by atoms with van der Waals surface area (Å²) in [7, 11) is 0. The summed E-state index contributed by atoms with van der Waals surface area (Å²) in [6.07, 6.45) is 0.149. The van der Waals surface area contributed by atoms with Crippen molar-refractivity contribution < 1.29 is 14.3 Å². The van der Waals surface area contributed by atoms with Gasteiger partial charge in [0.1, 0.15) is 5.60 Å². The molecule has 4 fully saturated rings. The molecule has 0 radical (unpaired) electrons. The minimum atomic E-state index is -0.419. The molecule has 0 aromatic carbocycles. The molecule has 4 aliphatic rings. The van der Waals surface area contributed by atoms with E-state index in [0.717, 1.165) is 32.9 Å². The standard InChI is InChI=1S/C16H27N3O3/c1-16(2,3)22-15(20)19-6-11-12(7-19)14(11)21-8-18-4-9-10(5-18)13(9)17/h9-14H,4-8,17H2,1-3H3/t9-,10+,11-,12+,13+,14+. The number of piperidine rings is 2. The Kier molecular flexibility index (Phi) is 3.23. The third kappa shape index (κ3) is 2.61. The summed E-state index contributed by atoms with van der Waals surface area (Å²) in [4.78, 5) is 16.2. The van der Waals surface area contributed by atoms with Crippen LogP contribution in [0.2, 0.25) is 0 Å². The molecule has 0 unspecified atom stereocenters. The number of nitrogens with two attached hydrogens (primary N) is 1. The Balaban J connectivity index is 1.17. The van der Waals surface area contributed by atoms with Gasteiger partial charge in [-0.1, -0.05) is 0 Å². The highest BCUT2D eigenvalue weighted by Crippen LogP contribution is 2.49. The average molecular weight is 309 g/mol. The van der Waals surface area contributed by atoms with E-state index in [1.165, 1.54) is 0 Å². The molecule has 2 saturated carbocycles. The second-order valence-corrected chi connectivity index (χ2v) is 8.41. The number of rotatable bonds is 3. The van der Waals surface area contributed by atoms with E-state index < -0.39 is 5.60 Å². The van der Waals surface area contributed by atoms with Crippen LogP contribution in [0.15, 0.2) is 0 Å². The lowest BCUT2D eigenvalue weighted by Crippen LogP contribution is -2.38. The summed E-state index contributed by atoms with van der Waals surface area (Å²) in [5.41, 5.74) is 5.53. The van der Waals surface area contributed by atoms with Crippen LogP contribution in [0.3, 0.4) is 0 Å². The molecule has 0 aromatic heterocycles. The summed E-state index contributed by atoms with van der Waals surface area (Å²) < 4.78 is 11.5. The number of likely N-dealkylation sites (tertiary alicyclic amines) is 2. The van der Waals surface area contributed by atoms with Crippen LogP contribution < -0.4 is 5.73 Å². The number of carbonyl (C=O) groups excluding carboxylic acids is 1. The largest absolute Gasteiger partial charge is 0.444 e. The zero-order valence-corrected chi connectivity index (χ0v) is 13.7. The van der Waals surface area contributed by atoms with Crippen LogP contribution >= 0.6 is 0 Å². The van der Waals surface area contributed by atoms with E-state index in [1.54, 1.807) is 0 Å². The monoisotopic (exact) mass is 309 g/mol. The van der Waals surface area contributed by atoms with Crippen molar-refractivity contribution in [1.82, 2.24) is 9.80 Å². The first kappa shape index (κ1) is 14.7. The van der Waals surface area contributed by atoms with Crippen LogP contribution in [-0.4, -0.2) is 66.5 Å². The van der Waals surface area contributed by atoms with Gasteiger partial charge in [0.2, 0.25) is 0 Å². The first-order valence-corrected chi connectivity index (χ1v) is 8.41. The Morgan fingerprint density at radius 1 is 1.09 bits per heavy atom. The zero-order valence-electron chi connectivity index (χ0n) is 13.7. The molecule has 6 heteroatoms. The van der Waals surface area contributed by atoms with E-state index in [-0.39, 0.29) is 6.09 Å². The van der Waals surface area contributed by atoms with Gasteiger partial charge >= 0.3 is 6.09 Å². The Morgan fingerprint density at radius 3 is 2.23 bits per heavy atom. The van der Waals surface area contributed by atoms with Crippen LogP contribution in [0.4, 0.5) is 4.79 Å². The topological polar surface area (TPSA) is 68.0 Å². The number of hydrogen-bond acceptors (Lipinski definition) is 5. The van der Waals surface area contributed by atoms with E-state index in [0.29, 0.717) is 35.8 Å². The predicted molar refractivity (Wildman–Crippen MR) is 81.1 cm³/mol. The van der Waals surface area contributed by atoms with Crippen LogP contribution in [0, 0.1) is 23.7 Å². The van der Waals surface area contributed by atoms with Crippen molar-refractivity contribution in [3.63, 3.8) is 0 Å². The maximum atomic E-state index is 12.0. The van der Waals surface area contributed by atoms with E-state index >= 15 is 0 Å². The Labute approximate surface area is 131 Å². The summed E-state index contributed by atoms with van der Waals surface area (Å²) in [6.45, 7) is 10.2. The van der Waals surface area contributed by atoms with Gasteiger partial charge in [0.25, 0.3) is 0 Å². The fourth-order valence-corrected chi connectivity index (χ4v) is 4.15. The van der Waals surface area contributed by atoms with Crippen LogP contribution in [0.25, 0.3) is 0 Å². The Hall–Kier alpha value is -0.850. The third-order valence-corrected chi connectivity index (χ3v) is 5.55. The maximum absolute atomic E-state index is 12.0. The van der Waals surface area contributed by atoms with Gasteiger partial charge in [0.05, 0.1) is 12.8 Å². The molecule has 124 valence electrons. The summed E-state index contributed by atoms with van der Waals surface area (Å²) >= 11 is 0. The van der Waals surface area contributed by atoms with Gasteiger partial charge in [-0.2, -0.15) is 0 Å². The van der Waals surface area contributed by atoms with Crippen molar-refractivity contribution in [3.05, 3.63) is 0 Å². The minimum Gasteiger partial charge on any atom is -0.444 e. The van der Waals surface area contributed by atoms with Crippen molar-refractivity contribution in [3.8, 4) is 0 Å². The van der Waals surface area contributed by atoms with Gasteiger partial charge in [-0.25, -0.2) is 4.79 Å². The van der Waals surface area contributed by atoms with E-state index in [2.05, 4.69) is 4.90 Å². The molecule has 4 rings (SSSR count). The molecule has 0 aromatic rings. The van der Waals surface area contributed by atoms with Crippen molar-refractivity contribution in [2.24, 2.45) is 29.4 Å². The predicted octanol–water partition coefficient (Wildman–Crippen LogP) is 0.715. The van der Waals surface area contributed by atoms with Crippen LogP contribution in [0.5, 0.6) is 0 Å². The molecular weight excluding hydrogens is 282 g/mol. The molecule has 2 saturated heterocycles. The number of ether oxygens (including phenoxy) is 2. The lowest BCUT2D eigenvalue weighted by Gasteiger charge is -2.26. The van der Waals surface area contributed by atoms with E-state index in [4.69, 9.17) is 15.2 Å². The molecule has 22 heavy (non-hydrogen) atoms. The van der Waals surface area contributed by atoms with Crippen molar-refractivity contribution in [2.45, 2.75) is 38.5 Å². The molecule has 1 amide bonds. The SMILES string of the molecule is CC(C)(C)OC(=O)N1C[C@@H]2[C@H](C1)[C@H]2OCN1C[C@@H]2[C@@H](N)[C@@H]2C1. The molecule has 2 N–H and O–H groups in total. The van der Waals surface area contributed by atoms with Gasteiger partial charge in [-0.15, -0.1) is 0 Å². The van der Waals surface area contributed by atoms with Crippen LogP contribution in [-0.2, 0) is 9.47 Å². The molecule has 0 bridgehead atoms. The third-order valence-electron chi connectivity index (χ3n) is 5.55. The zero-order chi connectivity index (χ0) is 15.6. The minimum absolute atomic E-state index is 0.188. The number of nitrogens with zero attached hydrogens (tertiary/aromatic N) is 2. The van der Waals surface area contributed by atoms with Gasteiger partial charge in [-0.3, -0.25) is 4.90 Å². The van der Waals surface area contributed by atoms with Crippen molar-refractivity contribution in [2.75, 3.05) is 32.9 Å². The number of hydrogen-bond donors (Lipinski definition) is 1. The molecule has 6 atom stereocenters. The maximum Gasteiger partial charge on any atom is 0.410 e. The quantitative estimate of drug-likeness (QED) is 0.832. The highest BCUT2D eigenvalue weighted by atomic mass is 16.6. The van der Waals surface area contributed by atoms with Gasteiger partial charge in [-0.05, 0) is 32.6 Å². The fourth-order valence-electron chi connectivity index (χ4n) is 4.15. The first-order chi connectivity index (χ1) is 10.3. The van der Waals surface area contributed by atoms with E-state index in [1.807, 2.05) is 25.7 Å². The highest BCUT2D eigenvalue weighted by Gasteiger charge is 2.59. The highest BCUT2D eigenvalue weighted by molar-refractivity contribution is 5.69. The number of fused-ring (bicyclic) bond motifs is 2. The average Bonchev–Trinajstić information content (AvgIpc) is 3.05. The normalized spacial score (nSPS) is 43.0. The van der Waals surface area contributed by atoms with E-state index in [9.17, 15) is 4.79 Å². The van der Waals surface area contributed by atoms with Gasteiger partial charge < -0.3 is 20.1 Å². The van der Waals surface area contributed by atoms with Gasteiger partial charge in [0.15, 0.2) is 0 Å². The summed E-state index contributed by atoms with van der Waals surface area (Å²) in [6, 6.07) is 0.443. The second kappa shape index (κ2) is 4.82. The molecule has 2 heterocycles. The first-order valence-electron chi connectivity index (χ1n) is 8.41. The number of carbonyl (C=O) groups is 1. The lowest BCUT2D eigenvalue weighted by atomic mass is 10.2. The molecular formula is C16H27N3O3. The molecule has 0 spiro atoms. The van der Waals surface area contributed by atoms with Crippen LogP contribution in [0.1, 0.15) is 20.8 Å². The molecule has 2 aliphatic carbocycles. The lowest BCUT2D eigenvalue weighted by molar-refractivity contribution is -0.00278. The van der Waals surface area contributed by atoms with Crippen molar-refractivity contribution >= 4 is 6.09 Å². The van der Waals surface area contributed by atoms with Crippen molar-refractivity contribution in [1.29, 1.82) is 0 Å². The number of amides is 1. The Bertz CT molecular complexity index is 454. The summed E-state index contributed by atoms with van der Waals surface area (Å²) in [5.74, 6) is 2.44. The fraction of sp³-hybridized carbons (Fsp3) is 0.938. The van der Waals surface area contributed by atoms with Gasteiger partial charge in [0, 0.05) is 44.1 Å². The molecule has 6 nitrogen and oxygen atoms in total. The smallest absolute Gasteiger partial charge is 0.410 e. The molecule has 2 aliphatic heterocycles.